The molecule has 0 spiro atoms. The van der Waals surface area contributed by atoms with Gasteiger partial charge in [-0.25, -0.2) is 0 Å². The molecule has 2 atom stereocenters. The third-order valence-corrected chi connectivity index (χ3v) is 6.81. The fraction of sp³-hybridized carbons (Fsp3) is 0.407. The van der Waals surface area contributed by atoms with Crippen molar-refractivity contribution in [1.82, 2.24) is 24.7 Å². The summed E-state index contributed by atoms with van der Waals surface area (Å²) >= 11 is 5.85. The maximum absolute atomic E-state index is 5.85. The number of benzene rings is 1. The molecule has 2 unspecified atom stereocenters. The van der Waals surface area contributed by atoms with Gasteiger partial charge in [0.1, 0.15) is 0 Å². The minimum absolute atomic E-state index is 0.0197. The molecule has 2 aromatic heterocycles. The summed E-state index contributed by atoms with van der Waals surface area (Å²) in [5.74, 6) is 0. The zero-order chi connectivity index (χ0) is 23.7. The summed E-state index contributed by atoms with van der Waals surface area (Å²) in [7, 11) is 4.23. The molecule has 174 valence electrons. The molecule has 0 bridgehead atoms. The number of aromatic nitrogens is 2. The van der Waals surface area contributed by atoms with E-state index in [1.54, 1.807) is 0 Å². The Balaban J connectivity index is 1.78. The first-order chi connectivity index (χ1) is 15.8. The molecule has 0 amide bonds. The quantitative estimate of drug-likeness (QED) is 0.500. The lowest BCUT2D eigenvalue weighted by Gasteiger charge is -2.28. The molecule has 5 nitrogen and oxygen atoms in total. The molecular weight excluding hydrogens is 426 g/mol. The highest BCUT2D eigenvalue weighted by atomic mass is 32.1. The Bertz CT molecular complexity index is 1110. The number of nitrogens with one attached hydrogen (secondary N) is 1. The fourth-order valence-corrected chi connectivity index (χ4v) is 5.44. The van der Waals surface area contributed by atoms with Crippen molar-refractivity contribution < 1.29 is 0 Å². The van der Waals surface area contributed by atoms with Gasteiger partial charge in [0, 0.05) is 29.8 Å². The Morgan fingerprint density at radius 1 is 1.03 bits per heavy atom. The highest BCUT2D eigenvalue weighted by Gasteiger charge is 2.41. The van der Waals surface area contributed by atoms with Gasteiger partial charge in [0.25, 0.3) is 0 Å². The van der Waals surface area contributed by atoms with Crippen molar-refractivity contribution in [2.24, 2.45) is 0 Å². The lowest BCUT2D eigenvalue weighted by Crippen LogP contribution is -2.32. The van der Waals surface area contributed by atoms with Crippen molar-refractivity contribution in [1.29, 1.82) is 0 Å². The number of rotatable bonds is 7. The first-order valence-electron chi connectivity index (χ1n) is 11.7. The van der Waals surface area contributed by atoms with Crippen LogP contribution in [0, 0.1) is 27.7 Å². The largest absolute Gasteiger partial charge is 0.352 e. The molecule has 1 aromatic carbocycles. The Hall–Kier alpha value is -2.70. The molecule has 0 saturated carbocycles. The van der Waals surface area contributed by atoms with Crippen LogP contribution in [0.3, 0.4) is 0 Å². The highest BCUT2D eigenvalue weighted by Crippen LogP contribution is 2.41. The van der Waals surface area contributed by atoms with Gasteiger partial charge in [0.2, 0.25) is 0 Å². The van der Waals surface area contributed by atoms with Gasteiger partial charge in [-0.3, -0.25) is 4.98 Å². The van der Waals surface area contributed by atoms with E-state index in [9.17, 15) is 0 Å². The number of hydrogen-bond acceptors (Lipinski definition) is 3. The summed E-state index contributed by atoms with van der Waals surface area (Å²) in [4.78, 5) is 9.28. The Labute approximate surface area is 203 Å². The number of aryl methyl sites for hydroxylation is 3. The number of thiocarbonyl (C=S) groups is 1. The predicted molar refractivity (Wildman–Crippen MR) is 140 cm³/mol. The predicted octanol–water partition coefficient (Wildman–Crippen LogP) is 5.03. The second-order valence-electron chi connectivity index (χ2n) is 9.48. The van der Waals surface area contributed by atoms with Gasteiger partial charge in [-0.1, -0.05) is 12.1 Å². The van der Waals surface area contributed by atoms with Gasteiger partial charge in [-0.2, -0.15) is 0 Å². The normalized spacial score (nSPS) is 18.3. The topological polar surface area (TPSA) is 36.3 Å². The molecule has 4 rings (SSSR count). The Kier molecular flexibility index (Phi) is 6.86. The van der Waals surface area contributed by atoms with Crippen LogP contribution in [0.4, 0.5) is 0 Å². The maximum atomic E-state index is 5.85. The van der Waals surface area contributed by atoms with E-state index >= 15 is 0 Å². The van der Waals surface area contributed by atoms with Crippen LogP contribution < -0.4 is 5.32 Å². The van der Waals surface area contributed by atoms with Crippen molar-refractivity contribution in [3.05, 3.63) is 82.4 Å². The summed E-state index contributed by atoms with van der Waals surface area (Å²) in [5, 5.41) is 4.40. The zero-order valence-corrected chi connectivity index (χ0v) is 21.4. The maximum Gasteiger partial charge on any atom is 0.170 e. The molecule has 6 heteroatoms. The minimum Gasteiger partial charge on any atom is -0.352 e. The van der Waals surface area contributed by atoms with Crippen LogP contribution in [0.2, 0.25) is 0 Å². The summed E-state index contributed by atoms with van der Waals surface area (Å²) in [6.07, 6.45) is 2.92. The smallest absolute Gasteiger partial charge is 0.170 e. The molecule has 1 saturated heterocycles. The first-order valence-corrected chi connectivity index (χ1v) is 12.1. The second-order valence-corrected chi connectivity index (χ2v) is 9.87. The molecule has 0 aliphatic carbocycles. The molecule has 3 heterocycles. The number of hydrogen-bond donors (Lipinski definition) is 1. The van der Waals surface area contributed by atoms with Gasteiger partial charge < -0.3 is 19.7 Å². The minimum atomic E-state index is 0.0197. The van der Waals surface area contributed by atoms with Gasteiger partial charge >= 0.3 is 0 Å². The fourth-order valence-electron chi connectivity index (χ4n) is 5.11. The van der Waals surface area contributed by atoms with E-state index < -0.39 is 0 Å². The van der Waals surface area contributed by atoms with E-state index in [4.69, 9.17) is 17.2 Å². The Morgan fingerprint density at radius 2 is 1.76 bits per heavy atom. The van der Waals surface area contributed by atoms with Gasteiger partial charge in [-0.15, -0.1) is 0 Å². The summed E-state index contributed by atoms with van der Waals surface area (Å²) in [6, 6.07) is 15.3. The summed E-state index contributed by atoms with van der Waals surface area (Å²) in [5.41, 5.74) is 8.59. The molecular formula is C27H35N5S. The molecule has 1 N–H and O–H groups in total. The molecule has 1 aliphatic rings. The SMILES string of the molecule is Cc1cc(C)cc(-n2c(C)cc(C3C(c4ccccn4)NC(=S)N3CCCN(C)C)c2C)c1. The van der Waals surface area contributed by atoms with E-state index in [1.807, 2.05) is 12.3 Å². The molecule has 0 radical (unpaired) electrons. The van der Waals surface area contributed by atoms with Crippen LogP contribution in [0.1, 0.15) is 52.3 Å². The van der Waals surface area contributed by atoms with E-state index in [-0.39, 0.29) is 12.1 Å². The van der Waals surface area contributed by atoms with E-state index in [2.05, 4.69) is 97.9 Å². The van der Waals surface area contributed by atoms with Crippen molar-refractivity contribution >= 4 is 17.3 Å². The molecule has 33 heavy (non-hydrogen) atoms. The molecule has 3 aromatic rings. The summed E-state index contributed by atoms with van der Waals surface area (Å²) < 4.78 is 2.38. The average molecular weight is 462 g/mol. The van der Waals surface area contributed by atoms with Crippen molar-refractivity contribution in [2.45, 2.75) is 46.2 Å². The van der Waals surface area contributed by atoms with Crippen LogP contribution in [0.5, 0.6) is 0 Å². The zero-order valence-electron chi connectivity index (χ0n) is 20.6. The second kappa shape index (κ2) is 9.65. The van der Waals surface area contributed by atoms with E-state index in [1.165, 1.54) is 33.8 Å². The summed E-state index contributed by atoms with van der Waals surface area (Å²) in [6.45, 7) is 10.7. The van der Waals surface area contributed by atoms with Crippen molar-refractivity contribution in [2.75, 3.05) is 27.2 Å². The van der Waals surface area contributed by atoms with Crippen LogP contribution in [-0.2, 0) is 0 Å². The first kappa shape index (κ1) is 23.5. The van der Waals surface area contributed by atoms with Crippen LogP contribution in [0.25, 0.3) is 5.69 Å². The van der Waals surface area contributed by atoms with Gasteiger partial charge in [0.15, 0.2) is 5.11 Å². The van der Waals surface area contributed by atoms with Gasteiger partial charge in [0.05, 0.1) is 17.8 Å². The lowest BCUT2D eigenvalue weighted by atomic mass is 9.96. The van der Waals surface area contributed by atoms with Crippen LogP contribution in [0.15, 0.2) is 48.7 Å². The number of nitrogens with zero attached hydrogens (tertiary/aromatic N) is 4. The molecule has 1 aliphatic heterocycles. The van der Waals surface area contributed by atoms with Crippen LogP contribution in [-0.4, -0.2) is 51.6 Å². The lowest BCUT2D eigenvalue weighted by molar-refractivity contribution is 0.292. The number of pyridine rings is 1. The monoisotopic (exact) mass is 461 g/mol. The average Bonchev–Trinajstić information content (AvgIpc) is 3.23. The van der Waals surface area contributed by atoms with Gasteiger partial charge in [-0.05, 0) is 114 Å². The highest BCUT2D eigenvalue weighted by molar-refractivity contribution is 7.80. The third kappa shape index (κ3) is 4.82. The van der Waals surface area contributed by atoms with Crippen molar-refractivity contribution in [3.63, 3.8) is 0 Å². The van der Waals surface area contributed by atoms with Crippen LogP contribution >= 0.6 is 12.2 Å². The Morgan fingerprint density at radius 3 is 2.39 bits per heavy atom. The van der Waals surface area contributed by atoms with E-state index in [0.29, 0.717) is 0 Å². The standard InChI is InChI=1S/C27H35N5S/c1-18-14-19(2)16-22(15-18)32-20(3)17-23(21(32)4)26-25(24-10-7-8-11-28-24)29-27(33)31(26)13-9-12-30(5)6/h7-8,10-11,14-17,25-26H,9,12-13H2,1-6H3,(H,29,33). The molecule has 1 fully saturated rings. The third-order valence-electron chi connectivity index (χ3n) is 6.46. The van der Waals surface area contributed by atoms with E-state index in [0.717, 1.165) is 30.3 Å². The van der Waals surface area contributed by atoms with Crippen molar-refractivity contribution in [3.8, 4) is 5.69 Å².